The zero-order chi connectivity index (χ0) is 26.5. The van der Waals surface area contributed by atoms with Crippen LogP contribution in [0.3, 0.4) is 0 Å². The molecule has 4 atom stereocenters. The van der Waals surface area contributed by atoms with Gasteiger partial charge in [0.05, 0.1) is 11.1 Å². The maximum Gasteiger partial charge on any atom is 0.458 e. The molecule has 4 unspecified atom stereocenters. The van der Waals surface area contributed by atoms with Gasteiger partial charge in [0.1, 0.15) is 23.3 Å². The van der Waals surface area contributed by atoms with E-state index in [1.54, 1.807) is 0 Å². The molecular formula is C30H25F7. The van der Waals surface area contributed by atoms with Crippen molar-refractivity contribution in [3.8, 4) is 23.0 Å². The van der Waals surface area contributed by atoms with Gasteiger partial charge in [-0.3, -0.25) is 0 Å². The van der Waals surface area contributed by atoms with Crippen molar-refractivity contribution in [3.63, 3.8) is 0 Å². The zero-order valence-electron chi connectivity index (χ0n) is 20.2. The Kier molecular flexibility index (Phi) is 6.72. The van der Waals surface area contributed by atoms with E-state index in [0.29, 0.717) is 17.4 Å². The number of halogens is 7. The van der Waals surface area contributed by atoms with Crippen molar-refractivity contribution in [2.75, 3.05) is 0 Å². The zero-order valence-corrected chi connectivity index (χ0v) is 20.2. The van der Waals surface area contributed by atoms with Crippen LogP contribution >= 0.6 is 0 Å². The average Bonchev–Trinajstić information content (AvgIpc) is 2.82. The second kappa shape index (κ2) is 9.70. The Morgan fingerprint density at radius 1 is 0.784 bits per heavy atom. The van der Waals surface area contributed by atoms with Gasteiger partial charge >= 0.3 is 6.18 Å². The summed E-state index contributed by atoms with van der Waals surface area (Å²) in [5.41, 5.74) is -0.623. The van der Waals surface area contributed by atoms with Gasteiger partial charge in [-0.05, 0) is 96.6 Å². The lowest BCUT2D eigenvalue weighted by Crippen LogP contribution is -2.29. The van der Waals surface area contributed by atoms with Crippen LogP contribution in [0.2, 0.25) is 0 Å². The maximum absolute atomic E-state index is 15.3. The molecule has 0 amide bonds. The molecule has 2 fully saturated rings. The number of benzene rings is 3. The second-order valence-corrected chi connectivity index (χ2v) is 10.5. The van der Waals surface area contributed by atoms with Crippen molar-refractivity contribution >= 4 is 10.8 Å². The van der Waals surface area contributed by atoms with Gasteiger partial charge in [0, 0.05) is 11.3 Å². The van der Waals surface area contributed by atoms with E-state index in [2.05, 4.69) is 6.92 Å². The summed E-state index contributed by atoms with van der Waals surface area (Å²) in [6.45, 7) is 2.28. The topological polar surface area (TPSA) is 0 Å². The molecule has 194 valence electrons. The molecule has 2 aliphatic carbocycles. The van der Waals surface area contributed by atoms with Gasteiger partial charge in [0.25, 0.3) is 0 Å². The van der Waals surface area contributed by atoms with Crippen molar-refractivity contribution in [3.05, 3.63) is 70.8 Å². The third kappa shape index (κ3) is 5.21. The fourth-order valence-corrected chi connectivity index (χ4v) is 6.26. The highest BCUT2D eigenvalue weighted by molar-refractivity contribution is 5.89. The smallest absolute Gasteiger partial charge is 0.206 e. The quantitative estimate of drug-likeness (QED) is 0.234. The van der Waals surface area contributed by atoms with Crippen molar-refractivity contribution in [1.29, 1.82) is 0 Å². The summed E-state index contributed by atoms with van der Waals surface area (Å²) in [6, 6.07) is 7.18. The Hall–Kier alpha value is -3.01. The van der Waals surface area contributed by atoms with Crippen LogP contribution in [0.15, 0.2) is 36.4 Å². The lowest BCUT2D eigenvalue weighted by molar-refractivity contribution is -0.0696. The van der Waals surface area contributed by atoms with Gasteiger partial charge in [-0.15, -0.1) is 0 Å². The summed E-state index contributed by atoms with van der Waals surface area (Å²) in [7, 11) is 0. The normalized spacial score (nSPS) is 23.9. The van der Waals surface area contributed by atoms with Crippen molar-refractivity contribution in [1.82, 2.24) is 0 Å². The molecule has 3 aromatic carbocycles. The van der Waals surface area contributed by atoms with Crippen LogP contribution in [0.4, 0.5) is 30.7 Å². The lowest BCUT2D eigenvalue weighted by atomic mass is 9.64. The predicted octanol–water partition coefficient (Wildman–Crippen LogP) is 9.30. The summed E-state index contributed by atoms with van der Waals surface area (Å²) in [5.74, 6) is 0.359. The number of hydrogen-bond acceptors (Lipinski definition) is 0. The fourth-order valence-electron chi connectivity index (χ4n) is 6.26. The molecule has 37 heavy (non-hydrogen) atoms. The van der Waals surface area contributed by atoms with Crippen LogP contribution in [0.25, 0.3) is 21.9 Å². The predicted molar refractivity (Wildman–Crippen MR) is 129 cm³/mol. The van der Waals surface area contributed by atoms with E-state index >= 15 is 8.78 Å². The van der Waals surface area contributed by atoms with Gasteiger partial charge in [-0.2, -0.15) is 13.2 Å². The fraction of sp³-hybridized carbons (Fsp3) is 0.400. The van der Waals surface area contributed by atoms with Gasteiger partial charge in [0.2, 0.25) is 0 Å². The van der Waals surface area contributed by atoms with E-state index in [0.717, 1.165) is 49.7 Å². The maximum atomic E-state index is 15.3. The molecule has 0 N–H and O–H groups in total. The molecule has 2 saturated carbocycles. The Morgan fingerprint density at radius 3 is 2.16 bits per heavy atom. The highest BCUT2D eigenvalue weighted by Crippen LogP contribution is 2.48. The molecular weight excluding hydrogens is 493 g/mol. The molecule has 0 aromatic heterocycles. The summed E-state index contributed by atoms with van der Waals surface area (Å²) >= 11 is 0. The molecule has 0 bridgehead atoms. The SMILES string of the molecule is CC1CCC2CC(c3cc(F)c(-c4ccc5c(F)c(C#CC(F)(F)F)c(F)cc5c4)c(F)c3)CCC2C1. The first kappa shape index (κ1) is 25.6. The molecule has 3 aromatic rings. The molecule has 2 aliphatic rings. The molecule has 7 heteroatoms. The number of rotatable bonds is 2. The van der Waals surface area contributed by atoms with Crippen LogP contribution in [0, 0.1) is 52.9 Å². The molecule has 0 radical (unpaired) electrons. The third-order valence-corrected chi connectivity index (χ3v) is 8.06. The van der Waals surface area contributed by atoms with Crippen LogP contribution < -0.4 is 0 Å². The minimum atomic E-state index is -4.91. The van der Waals surface area contributed by atoms with Gasteiger partial charge in [-0.25, -0.2) is 17.6 Å². The van der Waals surface area contributed by atoms with Gasteiger partial charge in [0.15, 0.2) is 0 Å². The van der Waals surface area contributed by atoms with Crippen molar-refractivity contribution < 1.29 is 30.7 Å². The summed E-state index contributed by atoms with van der Waals surface area (Å²) < 4.78 is 96.8. The molecule has 0 aliphatic heterocycles. The molecule has 5 rings (SSSR count). The number of alkyl halides is 3. The van der Waals surface area contributed by atoms with Crippen LogP contribution in [-0.2, 0) is 0 Å². The van der Waals surface area contributed by atoms with E-state index < -0.39 is 35.0 Å². The van der Waals surface area contributed by atoms with E-state index in [-0.39, 0.29) is 27.8 Å². The highest BCUT2D eigenvalue weighted by Gasteiger charge is 2.35. The third-order valence-electron chi connectivity index (χ3n) is 8.06. The summed E-state index contributed by atoms with van der Waals surface area (Å²) in [4.78, 5) is 0. The van der Waals surface area contributed by atoms with Gasteiger partial charge < -0.3 is 0 Å². The number of hydrogen-bond donors (Lipinski definition) is 0. The second-order valence-electron chi connectivity index (χ2n) is 10.5. The van der Waals surface area contributed by atoms with E-state index in [9.17, 15) is 22.0 Å². The Labute approximate surface area is 210 Å². The largest absolute Gasteiger partial charge is 0.458 e. The van der Waals surface area contributed by atoms with Crippen molar-refractivity contribution in [2.45, 2.75) is 57.5 Å². The lowest BCUT2D eigenvalue weighted by Gasteiger charge is -2.41. The highest BCUT2D eigenvalue weighted by atomic mass is 19.4. The molecule has 0 heterocycles. The first-order valence-electron chi connectivity index (χ1n) is 12.5. The summed E-state index contributed by atoms with van der Waals surface area (Å²) in [6.07, 6.45) is 1.52. The minimum absolute atomic E-state index is 0.0437. The van der Waals surface area contributed by atoms with Crippen molar-refractivity contribution in [2.24, 2.45) is 17.8 Å². The van der Waals surface area contributed by atoms with Crippen LogP contribution in [0.5, 0.6) is 0 Å². The Bertz CT molecular complexity index is 1390. The first-order valence-corrected chi connectivity index (χ1v) is 12.5. The van der Waals surface area contributed by atoms with Crippen LogP contribution in [0.1, 0.15) is 62.5 Å². The first-order chi connectivity index (χ1) is 17.5. The van der Waals surface area contributed by atoms with Crippen LogP contribution in [-0.4, -0.2) is 6.18 Å². The molecule has 0 saturated heterocycles. The summed E-state index contributed by atoms with van der Waals surface area (Å²) in [5, 5.41) is -0.245. The molecule has 0 spiro atoms. The Morgan fingerprint density at radius 2 is 1.46 bits per heavy atom. The molecule has 0 nitrogen and oxygen atoms in total. The standard InChI is InChI=1S/C30H25F7/c1-16-2-3-18-11-19(5-4-17(18)10-16)21-13-26(32)28(27(33)14-21)20-6-7-23-22(12-20)15-25(31)24(29(23)34)8-9-30(35,36)37/h6-7,12-19H,2-5,10-11H2,1H3. The van der Waals surface area contributed by atoms with Gasteiger partial charge in [-0.1, -0.05) is 31.4 Å². The minimum Gasteiger partial charge on any atom is -0.206 e. The monoisotopic (exact) mass is 518 g/mol. The number of fused-ring (bicyclic) bond motifs is 2. The van der Waals surface area contributed by atoms with E-state index in [1.807, 2.05) is 0 Å². The Balaban J connectivity index is 1.46. The average molecular weight is 519 g/mol. The van der Waals surface area contributed by atoms with E-state index in [4.69, 9.17) is 0 Å². The van der Waals surface area contributed by atoms with E-state index in [1.165, 1.54) is 43.0 Å².